The van der Waals surface area contributed by atoms with Crippen LogP contribution >= 0.6 is 27.3 Å². The van der Waals surface area contributed by atoms with E-state index < -0.39 is 0 Å². The summed E-state index contributed by atoms with van der Waals surface area (Å²) >= 11 is 4.87. The van der Waals surface area contributed by atoms with Crippen LogP contribution in [0.4, 0.5) is 0 Å². The van der Waals surface area contributed by atoms with Crippen LogP contribution in [0.25, 0.3) is 10.6 Å². The summed E-state index contributed by atoms with van der Waals surface area (Å²) in [6.45, 7) is 0.398. The fourth-order valence-corrected chi connectivity index (χ4v) is 3.10. The van der Waals surface area contributed by atoms with Gasteiger partial charge < -0.3 is 5.32 Å². The Hall–Kier alpha value is -2.05. The maximum Gasteiger partial charge on any atom is 0.253 e. The molecule has 0 saturated carbocycles. The zero-order valence-electron chi connectivity index (χ0n) is 11.5. The molecule has 0 fully saturated rings. The van der Waals surface area contributed by atoms with Gasteiger partial charge >= 0.3 is 0 Å². The van der Waals surface area contributed by atoms with Gasteiger partial charge in [-0.3, -0.25) is 9.78 Å². The molecule has 0 atom stereocenters. The van der Waals surface area contributed by atoms with E-state index in [9.17, 15) is 4.79 Å². The van der Waals surface area contributed by atoms with Crippen LogP contribution in [0.2, 0.25) is 0 Å². The molecule has 3 rings (SSSR count). The lowest BCUT2D eigenvalue weighted by molar-refractivity contribution is 0.0950. The number of hydrogen-bond donors (Lipinski definition) is 1. The Kier molecular flexibility index (Phi) is 4.60. The molecule has 3 aromatic rings. The summed E-state index contributed by atoms with van der Waals surface area (Å²) < 4.78 is 0.778. The lowest BCUT2D eigenvalue weighted by Crippen LogP contribution is -2.23. The van der Waals surface area contributed by atoms with E-state index in [1.807, 2.05) is 35.7 Å². The first-order valence-corrected chi connectivity index (χ1v) is 8.28. The zero-order chi connectivity index (χ0) is 15.4. The van der Waals surface area contributed by atoms with Gasteiger partial charge in [0.15, 0.2) is 0 Å². The van der Waals surface area contributed by atoms with Gasteiger partial charge in [0, 0.05) is 27.8 Å². The average Bonchev–Trinajstić information content (AvgIpc) is 3.02. The molecule has 2 aromatic heterocycles. The molecule has 0 unspecified atom stereocenters. The molecule has 0 saturated heterocycles. The fourth-order valence-electron chi connectivity index (χ4n) is 1.91. The highest BCUT2D eigenvalue weighted by Gasteiger charge is 2.08. The topological polar surface area (TPSA) is 54.9 Å². The number of rotatable bonds is 4. The molecule has 22 heavy (non-hydrogen) atoms. The van der Waals surface area contributed by atoms with Crippen molar-refractivity contribution in [2.75, 3.05) is 0 Å². The first-order chi connectivity index (χ1) is 10.7. The van der Waals surface area contributed by atoms with Gasteiger partial charge in [-0.25, -0.2) is 4.98 Å². The number of nitrogens with zero attached hydrogens (tertiary/aromatic N) is 2. The summed E-state index contributed by atoms with van der Waals surface area (Å²) in [4.78, 5) is 20.6. The first kappa shape index (κ1) is 14.9. The Balaban J connectivity index is 1.65. The molecule has 4 nitrogen and oxygen atoms in total. The highest BCUT2D eigenvalue weighted by molar-refractivity contribution is 9.10. The monoisotopic (exact) mass is 373 g/mol. The quantitative estimate of drug-likeness (QED) is 0.754. The van der Waals surface area contributed by atoms with E-state index >= 15 is 0 Å². The summed E-state index contributed by atoms with van der Waals surface area (Å²) in [5, 5.41) is 5.76. The Morgan fingerprint density at radius 3 is 2.82 bits per heavy atom. The van der Waals surface area contributed by atoms with Crippen molar-refractivity contribution in [3.8, 4) is 10.6 Å². The van der Waals surface area contributed by atoms with Crippen molar-refractivity contribution >= 4 is 33.2 Å². The van der Waals surface area contributed by atoms with E-state index in [1.54, 1.807) is 23.6 Å². The minimum absolute atomic E-state index is 0.164. The van der Waals surface area contributed by atoms with Crippen LogP contribution in [0.5, 0.6) is 0 Å². The first-order valence-electron chi connectivity index (χ1n) is 6.61. The second-order valence-electron chi connectivity index (χ2n) is 4.58. The highest BCUT2D eigenvalue weighted by Crippen LogP contribution is 2.23. The third-order valence-corrected chi connectivity index (χ3v) is 4.34. The maximum atomic E-state index is 12.1. The predicted molar refractivity (Wildman–Crippen MR) is 90.7 cm³/mol. The number of benzene rings is 1. The Morgan fingerprint density at radius 2 is 2.05 bits per heavy atom. The molecule has 0 spiro atoms. The number of halogens is 1. The molecular weight excluding hydrogens is 362 g/mol. The number of thiazole rings is 1. The van der Waals surface area contributed by atoms with Crippen LogP contribution in [0.15, 0.2) is 58.6 Å². The second kappa shape index (κ2) is 6.81. The average molecular weight is 374 g/mol. The molecule has 0 bridgehead atoms. The third-order valence-electron chi connectivity index (χ3n) is 2.97. The van der Waals surface area contributed by atoms with E-state index in [1.165, 1.54) is 6.20 Å². The van der Waals surface area contributed by atoms with Crippen molar-refractivity contribution in [2.45, 2.75) is 6.54 Å². The minimum Gasteiger partial charge on any atom is -0.346 e. The highest BCUT2D eigenvalue weighted by atomic mass is 79.9. The number of nitrogens with one attached hydrogen (secondary N) is 1. The molecule has 0 aliphatic heterocycles. The van der Waals surface area contributed by atoms with E-state index in [2.05, 4.69) is 31.2 Å². The van der Waals surface area contributed by atoms with Crippen molar-refractivity contribution in [3.05, 3.63) is 69.9 Å². The molecule has 2 heterocycles. The van der Waals surface area contributed by atoms with Gasteiger partial charge in [0.1, 0.15) is 5.01 Å². The number of amides is 1. The van der Waals surface area contributed by atoms with Crippen LogP contribution < -0.4 is 5.32 Å². The van der Waals surface area contributed by atoms with Crippen molar-refractivity contribution in [1.82, 2.24) is 15.3 Å². The number of carbonyl (C=O) groups is 1. The van der Waals surface area contributed by atoms with Crippen molar-refractivity contribution in [1.29, 1.82) is 0 Å². The Bertz CT molecular complexity index is 789. The molecule has 0 radical (unpaired) electrons. The Morgan fingerprint density at radius 1 is 1.23 bits per heavy atom. The van der Waals surface area contributed by atoms with Crippen LogP contribution in [0.1, 0.15) is 16.1 Å². The van der Waals surface area contributed by atoms with Crippen LogP contribution in [-0.4, -0.2) is 15.9 Å². The molecule has 1 amide bonds. The number of pyridine rings is 1. The SMILES string of the molecule is O=C(NCc1csc(-c2ccccc2)n1)c1cncc(Br)c1. The number of carbonyl (C=O) groups excluding carboxylic acids is 1. The van der Waals surface area contributed by atoms with Gasteiger partial charge in [-0.1, -0.05) is 30.3 Å². The summed E-state index contributed by atoms with van der Waals surface area (Å²) in [5.74, 6) is -0.164. The minimum atomic E-state index is -0.164. The molecule has 110 valence electrons. The Labute approximate surface area is 140 Å². The summed E-state index contributed by atoms with van der Waals surface area (Å²) in [6, 6.07) is 11.7. The van der Waals surface area contributed by atoms with Gasteiger partial charge in [0.2, 0.25) is 0 Å². The molecular formula is C16H12BrN3OS. The molecule has 0 aliphatic carbocycles. The number of hydrogen-bond acceptors (Lipinski definition) is 4. The van der Waals surface area contributed by atoms with Gasteiger partial charge in [-0.15, -0.1) is 11.3 Å². The predicted octanol–water partition coefficient (Wildman–Crippen LogP) is 3.90. The second-order valence-corrected chi connectivity index (χ2v) is 6.36. The van der Waals surface area contributed by atoms with Crippen LogP contribution in [0, 0.1) is 0 Å². The third kappa shape index (κ3) is 3.58. The lowest BCUT2D eigenvalue weighted by atomic mass is 10.2. The van der Waals surface area contributed by atoms with Gasteiger partial charge in [-0.05, 0) is 22.0 Å². The maximum absolute atomic E-state index is 12.1. The standard InChI is InChI=1S/C16H12BrN3OS/c17-13-6-12(7-18-8-13)15(21)19-9-14-10-22-16(20-14)11-4-2-1-3-5-11/h1-8,10H,9H2,(H,19,21). The molecule has 0 aliphatic rings. The molecule has 1 N–H and O–H groups in total. The van der Waals surface area contributed by atoms with Crippen LogP contribution in [-0.2, 0) is 6.54 Å². The van der Waals surface area contributed by atoms with E-state index in [-0.39, 0.29) is 5.91 Å². The van der Waals surface area contributed by atoms with E-state index in [4.69, 9.17) is 0 Å². The largest absolute Gasteiger partial charge is 0.346 e. The van der Waals surface area contributed by atoms with Crippen molar-refractivity contribution < 1.29 is 4.79 Å². The molecule has 1 aromatic carbocycles. The normalized spacial score (nSPS) is 10.4. The van der Waals surface area contributed by atoms with E-state index in [0.717, 1.165) is 20.7 Å². The summed E-state index contributed by atoms with van der Waals surface area (Å²) in [7, 11) is 0. The van der Waals surface area contributed by atoms with Gasteiger partial charge in [0.05, 0.1) is 17.8 Å². The van der Waals surface area contributed by atoms with Gasteiger partial charge in [0.25, 0.3) is 5.91 Å². The smallest absolute Gasteiger partial charge is 0.253 e. The van der Waals surface area contributed by atoms with Crippen LogP contribution in [0.3, 0.4) is 0 Å². The van der Waals surface area contributed by atoms with Crippen molar-refractivity contribution in [3.63, 3.8) is 0 Å². The van der Waals surface area contributed by atoms with Gasteiger partial charge in [-0.2, -0.15) is 0 Å². The lowest BCUT2D eigenvalue weighted by Gasteiger charge is -2.03. The zero-order valence-corrected chi connectivity index (χ0v) is 13.9. The van der Waals surface area contributed by atoms with E-state index in [0.29, 0.717) is 12.1 Å². The fraction of sp³-hybridized carbons (Fsp3) is 0.0625. The van der Waals surface area contributed by atoms with Crippen molar-refractivity contribution in [2.24, 2.45) is 0 Å². The summed E-state index contributed by atoms with van der Waals surface area (Å²) in [5.41, 5.74) is 2.45. The summed E-state index contributed by atoms with van der Waals surface area (Å²) in [6.07, 6.45) is 3.18. The molecule has 6 heteroatoms. The number of aromatic nitrogens is 2.